The number of benzene rings is 4. The monoisotopic (exact) mass is 514 g/mol. The van der Waals surface area contributed by atoms with Gasteiger partial charge in [0.15, 0.2) is 12.7 Å². The Bertz CT molecular complexity index is 2130. The Labute approximate surface area is 235 Å². The molecule has 0 N–H and O–H groups in total. The highest BCUT2D eigenvalue weighted by Gasteiger charge is 2.41. The zero-order valence-electron chi connectivity index (χ0n) is 27.1. The number of nitrogens with zero attached hydrogens (tertiary/aromatic N) is 1. The molecule has 2 nitrogen and oxygen atoms in total. The highest BCUT2D eigenvalue weighted by molar-refractivity contribution is 6.17. The number of aryl methyl sites for hydroxylation is 1. The van der Waals surface area contributed by atoms with Gasteiger partial charge in [0.25, 0.3) is 0 Å². The third kappa shape index (κ3) is 3.50. The van der Waals surface area contributed by atoms with Crippen LogP contribution in [0.15, 0.2) is 77.3 Å². The van der Waals surface area contributed by atoms with E-state index < -0.39 is 12.7 Å². The molecular formula is C37H36NO+. The van der Waals surface area contributed by atoms with E-state index in [0.29, 0.717) is 30.5 Å². The third-order valence-corrected chi connectivity index (χ3v) is 9.08. The lowest BCUT2D eigenvalue weighted by Crippen LogP contribution is -2.35. The first kappa shape index (κ1) is 19.4. The molecule has 1 fully saturated rings. The molecular weight excluding hydrogens is 474 g/mol. The normalized spacial score (nSPS) is 20.9. The van der Waals surface area contributed by atoms with Gasteiger partial charge >= 0.3 is 0 Å². The van der Waals surface area contributed by atoms with Crippen LogP contribution in [0, 0.1) is 17.7 Å². The minimum absolute atomic E-state index is 0.0717. The highest BCUT2D eigenvalue weighted by Crippen LogP contribution is 2.52. The number of hydrogen-bond acceptors (Lipinski definition) is 1. The summed E-state index contributed by atoms with van der Waals surface area (Å²) in [6.45, 7) is 7.13. The predicted octanol–water partition coefficient (Wildman–Crippen LogP) is 9.84. The van der Waals surface area contributed by atoms with Gasteiger partial charge in [-0.05, 0) is 88.1 Å². The van der Waals surface area contributed by atoms with Crippen LogP contribution in [0.5, 0.6) is 0 Å². The second-order valence-electron chi connectivity index (χ2n) is 13.5. The van der Waals surface area contributed by atoms with Crippen LogP contribution in [0.3, 0.4) is 0 Å². The maximum absolute atomic E-state index is 9.86. The number of hydrogen-bond donors (Lipinski definition) is 0. The second-order valence-corrected chi connectivity index (χ2v) is 13.5. The summed E-state index contributed by atoms with van der Waals surface area (Å²) in [5, 5.41) is 6.87. The zero-order valence-corrected chi connectivity index (χ0v) is 23.1. The van der Waals surface area contributed by atoms with E-state index in [9.17, 15) is 1.37 Å². The Morgan fingerprint density at radius 2 is 1.64 bits per heavy atom. The van der Waals surface area contributed by atoms with Gasteiger partial charge in [0.05, 0.1) is 5.56 Å². The summed E-state index contributed by atoms with van der Waals surface area (Å²) in [6.07, 6.45) is 4.06. The molecule has 0 radical (unpaired) electrons. The van der Waals surface area contributed by atoms with Gasteiger partial charge in [-0.15, -0.1) is 0 Å². The first-order valence-corrected chi connectivity index (χ1v) is 14.1. The molecule has 2 heteroatoms. The zero-order chi connectivity index (χ0) is 30.1. The summed E-state index contributed by atoms with van der Waals surface area (Å²) in [4.78, 5) is 0. The lowest BCUT2D eigenvalue weighted by Gasteiger charge is -2.45. The van der Waals surface area contributed by atoms with Crippen molar-refractivity contribution in [1.29, 1.82) is 0 Å². The molecule has 1 aliphatic carbocycles. The molecule has 0 atom stereocenters. The SMILES string of the molecule is [2H]C([2H])([2H])c1c[n+]2c(cc1C1([2H])CC(C)(C)CC(C)(C)C1)-c1c(ccc3c1oc1cc4c(ccc5ccccc54)cc13)C2. The summed E-state index contributed by atoms with van der Waals surface area (Å²) in [7, 11) is 0. The second kappa shape index (κ2) is 7.72. The van der Waals surface area contributed by atoms with E-state index in [0.717, 1.165) is 45.2 Å². The van der Waals surface area contributed by atoms with Crippen molar-refractivity contribution in [3.05, 3.63) is 89.6 Å². The van der Waals surface area contributed by atoms with Crippen LogP contribution in [0.2, 0.25) is 0 Å². The quantitative estimate of drug-likeness (QED) is 0.157. The number of fused-ring (bicyclic) bond motifs is 10. The van der Waals surface area contributed by atoms with Crippen LogP contribution in [0.1, 0.15) is 75.0 Å². The van der Waals surface area contributed by atoms with Crippen molar-refractivity contribution >= 4 is 43.5 Å². The summed E-state index contributed by atoms with van der Waals surface area (Å²) in [5.74, 6) is -1.01. The van der Waals surface area contributed by atoms with Gasteiger partial charge < -0.3 is 4.42 Å². The maximum atomic E-state index is 9.86. The van der Waals surface area contributed by atoms with Crippen molar-refractivity contribution in [3.8, 4) is 11.3 Å². The lowest BCUT2D eigenvalue weighted by atomic mass is 9.60. The molecule has 1 saturated carbocycles. The number of rotatable bonds is 1. The molecule has 6 aromatic rings. The van der Waals surface area contributed by atoms with Gasteiger partial charge in [-0.1, -0.05) is 70.2 Å². The van der Waals surface area contributed by atoms with E-state index >= 15 is 0 Å². The predicted molar refractivity (Wildman–Crippen MR) is 162 cm³/mol. The van der Waals surface area contributed by atoms with Crippen LogP contribution in [0.25, 0.3) is 54.7 Å². The van der Waals surface area contributed by atoms with Crippen molar-refractivity contribution in [3.63, 3.8) is 0 Å². The number of aromatic nitrogens is 1. The molecule has 0 bridgehead atoms. The Morgan fingerprint density at radius 1 is 0.846 bits per heavy atom. The van der Waals surface area contributed by atoms with Crippen LogP contribution >= 0.6 is 0 Å². The molecule has 0 unspecified atom stereocenters. The highest BCUT2D eigenvalue weighted by atomic mass is 16.3. The first-order chi connectivity index (χ1) is 20.2. The van der Waals surface area contributed by atoms with E-state index in [4.69, 9.17) is 8.53 Å². The Morgan fingerprint density at radius 3 is 2.46 bits per heavy atom. The largest absolute Gasteiger partial charge is 0.455 e. The Balaban J connectivity index is 1.38. The van der Waals surface area contributed by atoms with Gasteiger partial charge in [-0.2, -0.15) is 4.57 Å². The van der Waals surface area contributed by atoms with Crippen molar-refractivity contribution in [2.45, 2.75) is 66.2 Å². The molecule has 0 spiro atoms. The lowest BCUT2D eigenvalue weighted by molar-refractivity contribution is -0.672. The molecule has 194 valence electrons. The van der Waals surface area contributed by atoms with Crippen LogP contribution < -0.4 is 4.57 Å². The van der Waals surface area contributed by atoms with E-state index in [1.54, 1.807) is 6.20 Å². The fourth-order valence-corrected chi connectivity index (χ4v) is 8.04. The van der Waals surface area contributed by atoms with Crippen molar-refractivity contribution in [2.24, 2.45) is 10.8 Å². The Kier molecular flexibility index (Phi) is 3.84. The molecule has 2 aliphatic rings. The van der Waals surface area contributed by atoms with E-state index in [2.05, 4.69) is 92.9 Å². The minimum atomic E-state index is -2.32. The van der Waals surface area contributed by atoms with E-state index in [1.165, 1.54) is 21.5 Å². The van der Waals surface area contributed by atoms with Gasteiger partial charge in [-0.25, -0.2) is 0 Å². The molecule has 0 amide bonds. The summed E-state index contributed by atoms with van der Waals surface area (Å²) < 4.78 is 44.1. The van der Waals surface area contributed by atoms with E-state index in [1.807, 2.05) is 6.07 Å². The average Bonchev–Trinajstić information content (AvgIpc) is 3.45. The third-order valence-electron chi connectivity index (χ3n) is 9.08. The summed E-state index contributed by atoms with van der Waals surface area (Å²) >= 11 is 0. The molecule has 8 rings (SSSR count). The van der Waals surface area contributed by atoms with Crippen molar-refractivity contribution in [2.75, 3.05) is 0 Å². The summed E-state index contributed by atoms with van der Waals surface area (Å²) in [6, 6.07) is 23.5. The number of pyridine rings is 1. The number of furan rings is 1. The fraction of sp³-hybridized carbons (Fsp3) is 0.324. The van der Waals surface area contributed by atoms with Crippen LogP contribution in [0.4, 0.5) is 0 Å². The average molecular weight is 515 g/mol. The molecule has 1 aliphatic heterocycles. The maximum Gasteiger partial charge on any atom is 0.217 e. The van der Waals surface area contributed by atoms with Crippen molar-refractivity contribution in [1.82, 2.24) is 0 Å². The standard InChI is InChI=1S/C37H36NO/c1-22-19-38-20-25-12-13-28-31-14-24-11-10-23-8-6-7-9-27(23)30(24)16-33(31)39-35(28)34(25)32(38)15-29(22)26-17-36(2,3)21-37(4,5)18-26/h6-16,19,26H,17-18,20-21H2,1-5H3/q+1/i1D3,26D. The van der Waals surface area contributed by atoms with Gasteiger partial charge in [0.1, 0.15) is 11.2 Å². The van der Waals surface area contributed by atoms with Crippen LogP contribution in [-0.4, -0.2) is 0 Å². The topological polar surface area (TPSA) is 17.0 Å². The molecule has 4 aromatic carbocycles. The van der Waals surface area contributed by atoms with Crippen molar-refractivity contribution < 1.29 is 14.5 Å². The Hall–Kier alpha value is -3.65. The molecule has 3 heterocycles. The molecule has 39 heavy (non-hydrogen) atoms. The van der Waals surface area contributed by atoms with Gasteiger partial charge in [0.2, 0.25) is 5.69 Å². The fourth-order valence-electron chi connectivity index (χ4n) is 8.04. The molecule has 0 saturated heterocycles. The first-order valence-electron chi connectivity index (χ1n) is 16.1. The molecule has 2 aromatic heterocycles. The van der Waals surface area contributed by atoms with Crippen LogP contribution in [-0.2, 0) is 6.54 Å². The van der Waals surface area contributed by atoms with Gasteiger partial charge in [-0.3, -0.25) is 0 Å². The minimum Gasteiger partial charge on any atom is -0.455 e. The van der Waals surface area contributed by atoms with E-state index in [-0.39, 0.29) is 10.8 Å². The summed E-state index contributed by atoms with van der Waals surface area (Å²) in [5.41, 5.74) is 5.52. The van der Waals surface area contributed by atoms with Gasteiger partial charge in [0, 0.05) is 33.4 Å². The smallest absolute Gasteiger partial charge is 0.217 e.